The normalized spacial score (nSPS) is 21.4. The summed E-state index contributed by atoms with van der Waals surface area (Å²) in [5.74, 6) is 0.617. The van der Waals surface area contributed by atoms with Crippen LogP contribution in [0.2, 0.25) is 0 Å². The Morgan fingerprint density at radius 3 is 2.83 bits per heavy atom. The molecule has 18 heavy (non-hydrogen) atoms. The maximum absolute atomic E-state index is 12.5. The number of hydrogen-bond donors (Lipinski definition) is 2. The van der Waals surface area contributed by atoms with Gasteiger partial charge in [0.2, 0.25) is 0 Å². The molecule has 1 aliphatic heterocycles. The number of hydrogen-bond acceptors (Lipinski definition) is 4. The SMILES string of the molecule is CCN(C1CCCNC1)S(=O)(=O)c1cnc(C)[nH]1. The first-order valence-corrected chi connectivity index (χ1v) is 7.74. The monoisotopic (exact) mass is 272 g/mol. The fourth-order valence-corrected chi connectivity index (χ4v) is 3.99. The van der Waals surface area contributed by atoms with Crippen molar-refractivity contribution in [3.63, 3.8) is 0 Å². The molecule has 0 aromatic carbocycles. The molecule has 1 saturated heterocycles. The second kappa shape index (κ2) is 5.38. The first kappa shape index (κ1) is 13.5. The number of piperidine rings is 1. The van der Waals surface area contributed by atoms with E-state index in [1.165, 1.54) is 6.20 Å². The highest BCUT2D eigenvalue weighted by Gasteiger charge is 2.32. The first-order valence-electron chi connectivity index (χ1n) is 6.30. The maximum Gasteiger partial charge on any atom is 0.260 e. The molecule has 2 heterocycles. The van der Waals surface area contributed by atoms with Crippen molar-refractivity contribution in [2.24, 2.45) is 0 Å². The van der Waals surface area contributed by atoms with Gasteiger partial charge in [-0.1, -0.05) is 6.92 Å². The number of nitrogens with zero attached hydrogens (tertiary/aromatic N) is 2. The number of sulfonamides is 1. The van der Waals surface area contributed by atoms with Gasteiger partial charge in [0.25, 0.3) is 10.0 Å². The smallest absolute Gasteiger partial charge is 0.260 e. The Labute approximate surface area is 108 Å². The van der Waals surface area contributed by atoms with E-state index in [-0.39, 0.29) is 11.1 Å². The van der Waals surface area contributed by atoms with E-state index in [2.05, 4.69) is 15.3 Å². The van der Waals surface area contributed by atoms with E-state index in [0.29, 0.717) is 12.4 Å². The number of rotatable bonds is 4. The highest BCUT2D eigenvalue weighted by molar-refractivity contribution is 7.89. The van der Waals surface area contributed by atoms with Crippen LogP contribution in [-0.4, -0.2) is 48.4 Å². The molecular weight excluding hydrogens is 252 g/mol. The van der Waals surface area contributed by atoms with Gasteiger partial charge < -0.3 is 10.3 Å². The molecule has 7 heteroatoms. The zero-order valence-electron chi connectivity index (χ0n) is 10.8. The summed E-state index contributed by atoms with van der Waals surface area (Å²) in [6.07, 6.45) is 3.31. The third-order valence-corrected chi connectivity index (χ3v) is 5.19. The molecule has 1 aliphatic rings. The van der Waals surface area contributed by atoms with Crippen molar-refractivity contribution < 1.29 is 8.42 Å². The minimum absolute atomic E-state index is 0.0392. The van der Waals surface area contributed by atoms with E-state index >= 15 is 0 Å². The Morgan fingerprint density at radius 2 is 2.33 bits per heavy atom. The van der Waals surface area contributed by atoms with Crippen LogP contribution in [-0.2, 0) is 10.0 Å². The van der Waals surface area contributed by atoms with E-state index in [9.17, 15) is 8.42 Å². The number of H-pyrrole nitrogens is 1. The lowest BCUT2D eigenvalue weighted by atomic mass is 10.1. The summed E-state index contributed by atoms with van der Waals surface area (Å²) in [6, 6.07) is 0.0392. The molecule has 1 unspecified atom stereocenters. The van der Waals surface area contributed by atoms with Crippen molar-refractivity contribution in [1.82, 2.24) is 19.6 Å². The van der Waals surface area contributed by atoms with Crippen LogP contribution in [0.1, 0.15) is 25.6 Å². The molecule has 0 amide bonds. The van der Waals surface area contributed by atoms with Crippen LogP contribution in [0.3, 0.4) is 0 Å². The number of nitrogens with one attached hydrogen (secondary N) is 2. The van der Waals surface area contributed by atoms with Gasteiger partial charge in [-0.3, -0.25) is 0 Å². The summed E-state index contributed by atoms with van der Waals surface area (Å²) in [7, 11) is -3.45. The Balaban J connectivity index is 2.25. The summed E-state index contributed by atoms with van der Waals surface area (Å²) >= 11 is 0. The molecule has 1 aromatic heterocycles. The second-order valence-corrected chi connectivity index (χ2v) is 6.40. The van der Waals surface area contributed by atoms with Gasteiger partial charge in [0.1, 0.15) is 5.82 Å². The zero-order chi connectivity index (χ0) is 13.2. The van der Waals surface area contributed by atoms with E-state index in [1.807, 2.05) is 6.92 Å². The van der Waals surface area contributed by atoms with Crippen molar-refractivity contribution in [1.29, 1.82) is 0 Å². The lowest BCUT2D eigenvalue weighted by molar-refractivity contribution is 0.274. The second-order valence-electron chi connectivity index (χ2n) is 4.54. The molecular formula is C11H20N4O2S. The number of likely N-dealkylation sites (N-methyl/N-ethyl adjacent to an activating group) is 1. The van der Waals surface area contributed by atoms with Crippen molar-refractivity contribution in [3.05, 3.63) is 12.0 Å². The molecule has 0 spiro atoms. The van der Waals surface area contributed by atoms with Crippen LogP contribution in [0, 0.1) is 6.92 Å². The summed E-state index contributed by atoms with van der Waals surface area (Å²) in [4.78, 5) is 6.78. The van der Waals surface area contributed by atoms with Gasteiger partial charge in [-0.15, -0.1) is 0 Å². The quantitative estimate of drug-likeness (QED) is 0.835. The van der Waals surface area contributed by atoms with E-state index in [1.54, 1.807) is 11.2 Å². The molecule has 1 fully saturated rings. The first-order chi connectivity index (χ1) is 8.55. The van der Waals surface area contributed by atoms with Gasteiger partial charge in [-0.2, -0.15) is 4.31 Å². The summed E-state index contributed by atoms with van der Waals surface area (Å²) in [5.41, 5.74) is 0. The Bertz CT molecular complexity index is 491. The lowest BCUT2D eigenvalue weighted by Crippen LogP contribution is -2.48. The largest absolute Gasteiger partial charge is 0.332 e. The topological polar surface area (TPSA) is 78.1 Å². The van der Waals surface area contributed by atoms with Crippen LogP contribution in [0.25, 0.3) is 0 Å². The fraction of sp³-hybridized carbons (Fsp3) is 0.727. The van der Waals surface area contributed by atoms with E-state index < -0.39 is 10.0 Å². The molecule has 2 N–H and O–H groups in total. The number of aromatic amines is 1. The van der Waals surface area contributed by atoms with Gasteiger partial charge >= 0.3 is 0 Å². The van der Waals surface area contributed by atoms with Crippen molar-refractivity contribution in [3.8, 4) is 0 Å². The summed E-state index contributed by atoms with van der Waals surface area (Å²) < 4.78 is 26.6. The van der Waals surface area contributed by atoms with Crippen molar-refractivity contribution >= 4 is 10.0 Å². The Kier molecular flexibility index (Phi) is 4.04. The highest BCUT2D eigenvalue weighted by atomic mass is 32.2. The van der Waals surface area contributed by atoms with Crippen LogP contribution >= 0.6 is 0 Å². The average Bonchev–Trinajstić information content (AvgIpc) is 2.78. The number of aromatic nitrogens is 2. The van der Waals surface area contributed by atoms with Crippen molar-refractivity contribution in [2.75, 3.05) is 19.6 Å². The third kappa shape index (κ3) is 2.57. The summed E-state index contributed by atoms with van der Waals surface area (Å²) in [5, 5.41) is 3.43. The zero-order valence-corrected chi connectivity index (χ0v) is 11.6. The molecule has 0 saturated carbocycles. The average molecular weight is 272 g/mol. The molecule has 1 aromatic rings. The predicted octanol–water partition coefficient (Wildman–Crippen LogP) is 0.481. The van der Waals surface area contributed by atoms with Crippen LogP contribution in [0.15, 0.2) is 11.2 Å². The van der Waals surface area contributed by atoms with E-state index in [4.69, 9.17) is 0 Å². The maximum atomic E-state index is 12.5. The van der Waals surface area contributed by atoms with Crippen LogP contribution in [0.5, 0.6) is 0 Å². The van der Waals surface area contributed by atoms with Crippen LogP contribution < -0.4 is 5.32 Å². The Morgan fingerprint density at radius 1 is 1.56 bits per heavy atom. The molecule has 6 nitrogen and oxygen atoms in total. The molecule has 0 aliphatic carbocycles. The third-order valence-electron chi connectivity index (χ3n) is 3.26. The van der Waals surface area contributed by atoms with Gasteiger partial charge in [-0.25, -0.2) is 13.4 Å². The van der Waals surface area contributed by atoms with Gasteiger partial charge in [0.15, 0.2) is 5.03 Å². The van der Waals surface area contributed by atoms with Gasteiger partial charge in [-0.05, 0) is 26.3 Å². The highest BCUT2D eigenvalue weighted by Crippen LogP contribution is 2.19. The number of imidazole rings is 1. The van der Waals surface area contributed by atoms with Gasteiger partial charge in [0, 0.05) is 19.1 Å². The lowest BCUT2D eigenvalue weighted by Gasteiger charge is -2.32. The van der Waals surface area contributed by atoms with E-state index in [0.717, 1.165) is 25.9 Å². The predicted molar refractivity (Wildman–Crippen MR) is 68.8 cm³/mol. The molecule has 2 rings (SSSR count). The van der Waals surface area contributed by atoms with Crippen LogP contribution in [0.4, 0.5) is 0 Å². The fourth-order valence-electron chi connectivity index (χ4n) is 2.36. The summed E-state index contributed by atoms with van der Waals surface area (Å²) in [6.45, 7) is 5.79. The van der Waals surface area contributed by atoms with Gasteiger partial charge in [0.05, 0.1) is 6.20 Å². The molecule has 0 radical (unpaired) electrons. The molecule has 0 bridgehead atoms. The van der Waals surface area contributed by atoms with Crippen molar-refractivity contribution in [2.45, 2.75) is 37.8 Å². The molecule has 102 valence electrons. The minimum atomic E-state index is -3.45. The molecule has 1 atom stereocenters. The number of aryl methyl sites for hydroxylation is 1. The Hall–Kier alpha value is -0.920. The minimum Gasteiger partial charge on any atom is -0.332 e. The standard InChI is InChI=1S/C11H20N4O2S/c1-3-15(10-5-4-6-12-7-10)18(16,17)11-8-13-9(2)14-11/h8,10,12H,3-7H2,1-2H3,(H,13,14).